The molecule has 1 rings (SSSR count). The number of carbonyl (C=O) groups is 3. The van der Waals surface area contributed by atoms with Crippen molar-refractivity contribution >= 4 is 29.5 Å². The van der Waals surface area contributed by atoms with Crippen LogP contribution in [0.3, 0.4) is 0 Å². The van der Waals surface area contributed by atoms with Crippen LogP contribution in [-0.4, -0.2) is 52.0 Å². The maximum absolute atomic E-state index is 12.7. The van der Waals surface area contributed by atoms with Gasteiger partial charge in [-0.15, -0.1) is 0 Å². The molecule has 0 radical (unpaired) electrons. The van der Waals surface area contributed by atoms with Gasteiger partial charge in [-0.1, -0.05) is 39.5 Å². The first-order chi connectivity index (χ1) is 12.1. The lowest BCUT2D eigenvalue weighted by molar-refractivity contribution is -0.151. The van der Waals surface area contributed by atoms with Crippen LogP contribution in [0.15, 0.2) is 0 Å². The van der Waals surface area contributed by atoms with E-state index >= 15 is 0 Å². The van der Waals surface area contributed by atoms with Crippen LogP contribution in [0.2, 0.25) is 0 Å². The van der Waals surface area contributed by atoms with Crippen molar-refractivity contribution in [1.82, 2.24) is 0 Å². The van der Waals surface area contributed by atoms with Gasteiger partial charge in [0.05, 0.1) is 19.6 Å². The Morgan fingerprint density at radius 2 is 1.73 bits per heavy atom. The maximum Gasteiger partial charge on any atom is 0.334 e. The first-order valence-electron chi connectivity index (χ1n) is 9.12. The highest BCUT2D eigenvalue weighted by Crippen LogP contribution is 2.45. The Bertz CT molecular complexity index is 518. The van der Waals surface area contributed by atoms with Gasteiger partial charge in [0.2, 0.25) is 0 Å². The van der Waals surface area contributed by atoms with E-state index in [1.54, 1.807) is 0 Å². The summed E-state index contributed by atoms with van der Waals surface area (Å²) in [5, 5.41) is 8.88. The number of ketones is 1. The molecule has 1 aliphatic carbocycles. The van der Waals surface area contributed by atoms with Gasteiger partial charge in [0, 0.05) is 10.5 Å². The van der Waals surface area contributed by atoms with Gasteiger partial charge in [-0.05, 0) is 18.8 Å². The summed E-state index contributed by atoms with van der Waals surface area (Å²) in [7, 11) is 1.16. The molecule has 0 aliphatic heterocycles. The molecular weight excluding hydrogens is 356 g/mol. The fourth-order valence-corrected chi connectivity index (χ4v) is 5.18. The van der Waals surface area contributed by atoms with Crippen molar-refractivity contribution in [2.24, 2.45) is 17.4 Å². The number of esters is 1. The number of hydrogen-bond acceptors (Lipinski definition) is 7. The summed E-state index contributed by atoms with van der Waals surface area (Å²) in [6, 6.07) is -1.35. The van der Waals surface area contributed by atoms with Crippen LogP contribution in [0.1, 0.15) is 58.8 Å². The first kappa shape index (κ1) is 22.9. The Balaban J connectivity index is 3.03. The van der Waals surface area contributed by atoms with Gasteiger partial charge in [0.25, 0.3) is 0 Å². The standard InChI is InChI=1S/C18H32N2O5S/c1-12(2)17(8-6-4-5-7-9-17)26-11-18(20,16(24)25-3)15(23)13(19)10-14(21)22/h12-13H,4-11,19-20H2,1-3H3,(H,21,22)/t13-,18+/m0/s1. The van der Waals surface area contributed by atoms with Gasteiger partial charge in [-0.2, -0.15) is 11.8 Å². The average molecular weight is 389 g/mol. The van der Waals surface area contributed by atoms with Gasteiger partial charge in [0.15, 0.2) is 11.3 Å². The second-order valence-corrected chi connectivity index (χ2v) is 8.84. The predicted molar refractivity (Wildman–Crippen MR) is 102 cm³/mol. The smallest absolute Gasteiger partial charge is 0.334 e. The minimum absolute atomic E-state index is 0.0318. The third-order valence-electron chi connectivity index (χ3n) is 5.31. The Morgan fingerprint density at radius 3 is 2.15 bits per heavy atom. The molecule has 0 spiro atoms. The van der Waals surface area contributed by atoms with Crippen LogP contribution in [-0.2, 0) is 19.1 Å². The molecule has 2 atom stereocenters. The molecule has 0 aromatic heterocycles. The van der Waals surface area contributed by atoms with Gasteiger partial charge in [-0.25, -0.2) is 4.79 Å². The SMILES string of the molecule is COC(=O)[C@@](N)(CSC1(C(C)C)CCCCCC1)C(=O)[C@@H](N)CC(=O)O. The number of methoxy groups -OCH3 is 1. The Morgan fingerprint density at radius 1 is 1.19 bits per heavy atom. The molecule has 150 valence electrons. The van der Waals surface area contributed by atoms with Gasteiger partial charge >= 0.3 is 11.9 Å². The van der Waals surface area contributed by atoms with Crippen LogP contribution in [0.4, 0.5) is 0 Å². The number of ether oxygens (including phenoxy) is 1. The quantitative estimate of drug-likeness (QED) is 0.309. The van der Waals surface area contributed by atoms with Crippen LogP contribution < -0.4 is 11.5 Å². The van der Waals surface area contributed by atoms with Gasteiger partial charge in [0.1, 0.15) is 0 Å². The molecule has 5 N–H and O–H groups in total. The number of carboxylic acids is 1. The van der Waals surface area contributed by atoms with E-state index in [1.807, 2.05) is 0 Å². The van der Waals surface area contributed by atoms with Crippen LogP contribution in [0.25, 0.3) is 0 Å². The van der Waals surface area contributed by atoms with Crippen molar-refractivity contribution < 1.29 is 24.2 Å². The molecule has 0 bridgehead atoms. The number of aliphatic carboxylic acids is 1. The number of nitrogens with two attached hydrogens (primary N) is 2. The molecule has 0 aromatic rings. The predicted octanol–water partition coefficient (Wildman–Crippen LogP) is 1.71. The van der Waals surface area contributed by atoms with E-state index in [1.165, 1.54) is 24.6 Å². The second-order valence-electron chi connectivity index (χ2n) is 7.45. The van der Waals surface area contributed by atoms with E-state index in [0.29, 0.717) is 5.92 Å². The fraction of sp³-hybridized carbons (Fsp3) is 0.833. The zero-order chi connectivity index (χ0) is 20.0. The monoisotopic (exact) mass is 388 g/mol. The third-order valence-corrected chi connectivity index (χ3v) is 7.36. The molecule has 1 aliphatic rings. The number of rotatable bonds is 9. The first-order valence-corrected chi connectivity index (χ1v) is 10.1. The summed E-state index contributed by atoms with van der Waals surface area (Å²) in [6.07, 6.45) is 6.00. The number of Topliss-reactive ketones (excluding diaryl/α,β-unsaturated/α-hetero) is 1. The Labute approximate surface area is 159 Å². The highest BCUT2D eigenvalue weighted by Gasteiger charge is 2.48. The molecule has 0 aromatic carbocycles. The maximum atomic E-state index is 12.7. The average Bonchev–Trinajstić information content (AvgIpc) is 2.84. The lowest BCUT2D eigenvalue weighted by atomic mass is 9.87. The lowest BCUT2D eigenvalue weighted by Gasteiger charge is -2.39. The Kier molecular flexibility index (Phi) is 8.56. The van der Waals surface area contributed by atoms with E-state index in [2.05, 4.69) is 13.8 Å². The molecule has 1 saturated carbocycles. The minimum atomic E-state index is -1.94. The third kappa shape index (κ3) is 5.44. The summed E-state index contributed by atoms with van der Waals surface area (Å²) in [6.45, 7) is 4.29. The fourth-order valence-electron chi connectivity index (χ4n) is 3.50. The molecule has 26 heavy (non-hydrogen) atoms. The van der Waals surface area contributed by atoms with Crippen molar-refractivity contribution in [2.45, 2.75) is 75.1 Å². The molecule has 1 fully saturated rings. The molecule has 7 nitrogen and oxygen atoms in total. The van der Waals surface area contributed by atoms with Crippen molar-refractivity contribution in [1.29, 1.82) is 0 Å². The van der Waals surface area contributed by atoms with Gasteiger partial charge < -0.3 is 21.3 Å². The van der Waals surface area contributed by atoms with Crippen molar-refractivity contribution in [3.8, 4) is 0 Å². The van der Waals surface area contributed by atoms with Gasteiger partial charge in [-0.3, -0.25) is 9.59 Å². The highest BCUT2D eigenvalue weighted by molar-refractivity contribution is 8.00. The van der Waals surface area contributed by atoms with Crippen molar-refractivity contribution in [2.75, 3.05) is 12.9 Å². The Hall–Kier alpha value is -1.12. The summed E-state index contributed by atoms with van der Waals surface area (Å²) in [4.78, 5) is 35.9. The van der Waals surface area contributed by atoms with E-state index in [9.17, 15) is 14.4 Å². The number of hydrogen-bond donors (Lipinski definition) is 3. The summed E-state index contributed by atoms with van der Waals surface area (Å²) in [5.74, 6) is -2.48. The summed E-state index contributed by atoms with van der Waals surface area (Å²) >= 11 is 1.53. The zero-order valence-corrected chi connectivity index (χ0v) is 16.8. The largest absolute Gasteiger partial charge is 0.481 e. The number of thioether (sulfide) groups is 1. The van der Waals surface area contributed by atoms with Crippen LogP contribution in [0.5, 0.6) is 0 Å². The second kappa shape index (κ2) is 9.71. The molecular formula is C18H32N2O5S. The molecule has 0 heterocycles. The highest BCUT2D eigenvalue weighted by atomic mass is 32.2. The van der Waals surface area contributed by atoms with Crippen LogP contribution >= 0.6 is 11.8 Å². The van der Waals surface area contributed by atoms with Crippen LogP contribution in [0, 0.1) is 5.92 Å². The van der Waals surface area contributed by atoms with E-state index in [0.717, 1.165) is 32.8 Å². The van der Waals surface area contributed by atoms with Crippen molar-refractivity contribution in [3.63, 3.8) is 0 Å². The van der Waals surface area contributed by atoms with Crippen molar-refractivity contribution in [3.05, 3.63) is 0 Å². The number of carbonyl (C=O) groups excluding carboxylic acids is 2. The normalized spacial score (nSPS) is 20.7. The zero-order valence-electron chi connectivity index (χ0n) is 16.0. The topological polar surface area (TPSA) is 133 Å². The van der Waals surface area contributed by atoms with E-state index < -0.39 is 35.7 Å². The minimum Gasteiger partial charge on any atom is -0.481 e. The molecule has 8 heteroatoms. The van der Waals surface area contributed by atoms with E-state index in [-0.39, 0.29) is 10.5 Å². The molecule has 0 saturated heterocycles. The molecule has 0 unspecified atom stereocenters. The lowest BCUT2D eigenvalue weighted by Crippen LogP contribution is -2.63. The summed E-state index contributed by atoms with van der Waals surface area (Å²) < 4.78 is 4.69. The van der Waals surface area contributed by atoms with E-state index in [4.69, 9.17) is 21.3 Å². The number of carboxylic acid groups (broad SMARTS) is 1. The molecule has 0 amide bonds. The summed E-state index contributed by atoms with van der Waals surface area (Å²) in [5.41, 5.74) is 9.92.